The minimum absolute atomic E-state index is 0.144. The maximum atomic E-state index is 12.7. The van der Waals surface area contributed by atoms with Crippen molar-refractivity contribution < 1.29 is 28.7 Å². The van der Waals surface area contributed by atoms with Crippen molar-refractivity contribution in [2.45, 2.75) is 97.9 Å². The molecule has 0 unspecified atom stereocenters. The zero-order chi connectivity index (χ0) is 37.0. The summed E-state index contributed by atoms with van der Waals surface area (Å²) >= 11 is 2.63. The molecule has 2 heterocycles. The maximum absolute atomic E-state index is 12.7. The average molecular weight is 737 g/mol. The lowest BCUT2D eigenvalue weighted by Crippen LogP contribution is -2.32. The fourth-order valence-electron chi connectivity index (χ4n) is 4.57. The van der Waals surface area contributed by atoms with Gasteiger partial charge in [0.05, 0.1) is 12.8 Å². The molecule has 272 valence electrons. The first-order valence-electron chi connectivity index (χ1n) is 16.4. The van der Waals surface area contributed by atoms with Gasteiger partial charge < -0.3 is 30.7 Å². The first-order chi connectivity index (χ1) is 24.1. The van der Waals surface area contributed by atoms with Crippen molar-refractivity contribution in [2.24, 2.45) is 0 Å². The smallest absolute Gasteiger partial charge is 0.407 e. The number of benzene rings is 2. The number of aryl methyl sites for hydroxylation is 2. The number of hydrogen-bond donors (Lipinski definition) is 4. The second-order valence-electron chi connectivity index (χ2n) is 13.7. The Morgan fingerprint density at radius 3 is 1.39 bits per heavy atom. The van der Waals surface area contributed by atoms with Gasteiger partial charge in [-0.15, -0.1) is 20.4 Å². The van der Waals surface area contributed by atoms with Gasteiger partial charge in [-0.3, -0.25) is 9.59 Å². The summed E-state index contributed by atoms with van der Waals surface area (Å²) in [5.74, 6) is -0.442. The number of anilines is 2. The molecule has 4 N–H and O–H groups in total. The van der Waals surface area contributed by atoms with Crippen LogP contribution in [0.4, 0.5) is 19.9 Å². The van der Waals surface area contributed by atoms with Crippen LogP contribution >= 0.6 is 22.7 Å². The van der Waals surface area contributed by atoms with Crippen LogP contribution in [-0.4, -0.2) is 55.6 Å². The van der Waals surface area contributed by atoms with Crippen LogP contribution in [0, 0.1) is 0 Å². The zero-order valence-electron chi connectivity index (χ0n) is 29.6. The van der Waals surface area contributed by atoms with Gasteiger partial charge in [-0.2, -0.15) is 0 Å². The van der Waals surface area contributed by atoms with Gasteiger partial charge >= 0.3 is 12.2 Å². The van der Waals surface area contributed by atoms with Gasteiger partial charge in [0.1, 0.15) is 21.2 Å². The van der Waals surface area contributed by atoms with Crippen molar-refractivity contribution in [3.8, 4) is 0 Å². The summed E-state index contributed by atoms with van der Waals surface area (Å²) in [5, 5.41) is 30.1. The molecule has 2 aromatic carbocycles. The number of carbonyl (C=O) groups is 4. The number of nitrogens with zero attached hydrogens (tertiary/aromatic N) is 4. The minimum Gasteiger partial charge on any atom is -0.444 e. The first kappa shape index (κ1) is 38.8. The van der Waals surface area contributed by atoms with Gasteiger partial charge in [0.15, 0.2) is 0 Å². The van der Waals surface area contributed by atoms with E-state index in [4.69, 9.17) is 9.47 Å². The zero-order valence-corrected chi connectivity index (χ0v) is 31.3. The molecule has 4 rings (SSSR count). The highest BCUT2D eigenvalue weighted by Gasteiger charge is 2.17. The third-order valence-electron chi connectivity index (χ3n) is 6.59. The Morgan fingerprint density at radius 2 is 1.00 bits per heavy atom. The fraction of sp³-hybridized carbons (Fsp3) is 0.429. The summed E-state index contributed by atoms with van der Waals surface area (Å²) in [6.45, 7) is 11.4. The quantitative estimate of drug-likeness (QED) is 0.120. The van der Waals surface area contributed by atoms with E-state index in [0.29, 0.717) is 23.1 Å². The molecule has 0 fully saturated rings. The summed E-state index contributed by atoms with van der Waals surface area (Å²) in [6.07, 6.45) is 1.30. The number of nitrogens with one attached hydrogen (secondary N) is 4. The molecule has 0 atom stereocenters. The van der Waals surface area contributed by atoms with Crippen LogP contribution in [0.5, 0.6) is 0 Å². The Balaban J connectivity index is 1.16. The molecule has 14 nitrogen and oxygen atoms in total. The summed E-state index contributed by atoms with van der Waals surface area (Å²) in [4.78, 5) is 49.3. The van der Waals surface area contributed by atoms with Gasteiger partial charge in [0, 0.05) is 25.9 Å². The van der Waals surface area contributed by atoms with Crippen molar-refractivity contribution in [1.29, 1.82) is 0 Å². The number of amides is 4. The highest BCUT2D eigenvalue weighted by Crippen LogP contribution is 2.21. The molecule has 4 amide bonds. The standard InChI is InChI=1S/C35H44N8O6S2/c1-34(2,3)48-32(46)36-20-24-12-7-10-22(16-24)18-26(44)38-30-42-40-28(50-30)14-9-15-29-41-43-31(51-29)39-27(45)19-23-11-8-13-25(17-23)21-37-33(47)49-35(4,5)6/h7-8,10-13,16-17H,9,14-15,18-21H2,1-6H3,(H,36,46)(H,37,47)(H,38,42,44)(H,39,43,45). The number of rotatable bonds is 14. The van der Waals surface area contributed by atoms with E-state index in [2.05, 4.69) is 41.7 Å². The molecule has 0 saturated carbocycles. The summed E-state index contributed by atoms with van der Waals surface area (Å²) in [7, 11) is 0. The largest absolute Gasteiger partial charge is 0.444 e. The lowest BCUT2D eigenvalue weighted by molar-refractivity contribution is -0.116. The van der Waals surface area contributed by atoms with Crippen molar-refractivity contribution >= 4 is 56.9 Å². The number of ether oxygens (including phenoxy) is 2. The molecular weight excluding hydrogens is 693 g/mol. The van der Waals surface area contributed by atoms with E-state index >= 15 is 0 Å². The molecule has 0 aliphatic heterocycles. The van der Waals surface area contributed by atoms with Crippen molar-refractivity contribution in [2.75, 3.05) is 10.6 Å². The van der Waals surface area contributed by atoms with Crippen molar-refractivity contribution in [3.05, 3.63) is 80.8 Å². The lowest BCUT2D eigenvalue weighted by atomic mass is 10.1. The van der Waals surface area contributed by atoms with Crippen LogP contribution in [0.1, 0.15) is 80.2 Å². The van der Waals surface area contributed by atoms with Crippen LogP contribution in [0.15, 0.2) is 48.5 Å². The summed E-state index contributed by atoms with van der Waals surface area (Å²) in [6, 6.07) is 14.8. The Bertz CT molecular complexity index is 1680. The Labute approximate surface area is 305 Å². The van der Waals surface area contributed by atoms with Crippen LogP contribution in [0.25, 0.3) is 0 Å². The van der Waals surface area contributed by atoms with E-state index in [1.54, 1.807) is 41.5 Å². The summed E-state index contributed by atoms with van der Waals surface area (Å²) in [5.41, 5.74) is 2.13. The van der Waals surface area contributed by atoms with Crippen molar-refractivity contribution in [1.82, 2.24) is 31.0 Å². The Kier molecular flexibility index (Phi) is 13.6. The van der Waals surface area contributed by atoms with Gasteiger partial charge in [-0.05, 0) is 70.2 Å². The van der Waals surface area contributed by atoms with Crippen molar-refractivity contribution in [3.63, 3.8) is 0 Å². The lowest BCUT2D eigenvalue weighted by Gasteiger charge is -2.19. The predicted octanol–water partition coefficient (Wildman–Crippen LogP) is 5.98. The Morgan fingerprint density at radius 1 is 0.608 bits per heavy atom. The minimum atomic E-state index is -0.582. The predicted molar refractivity (Wildman–Crippen MR) is 196 cm³/mol. The first-order valence-corrected chi connectivity index (χ1v) is 18.1. The van der Waals surface area contributed by atoms with E-state index < -0.39 is 23.4 Å². The molecule has 51 heavy (non-hydrogen) atoms. The summed E-state index contributed by atoms with van der Waals surface area (Å²) < 4.78 is 10.5. The third-order valence-corrected chi connectivity index (χ3v) is 8.39. The van der Waals surface area contributed by atoms with Crippen LogP contribution in [-0.2, 0) is 57.8 Å². The van der Waals surface area contributed by atoms with Crippen LogP contribution < -0.4 is 21.3 Å². The molecule has 0 aliphatic rings. The average Bonchev–Trinajstić information content (AvgIpc) is 3.66. The molecule has 0 aliphatic carbocycles. The number of alkyl carbamates (subject to hydrolysis) is 2. The van der Waals surface area contributed by atoms with E-state index in [-0.39, 0.29) is 37.7 Å². The molecule has 0 spiro atoms. The molecule has 0 radical (unpaired) electrons. The molecule has 2 aromatic heterocycles. The maximum Gasteiger partial charge on any atom is 0.407 e. The SMILES string of the molecule is CC(C)(C)OC(=O)NCc1cccc(CC(=O)Nc2nnc(CCCc3nnc(NC(=O)Cc4cccc(CNC(=O)OC(C)(C)C)c4)s3)s2)c1. The van der Waals surface area contributed by atoms with E-state index in [1.807, 2.05) is 48.5 Å². The highest BCUT2D eigenvalue weighted by atomic mass is 32.1. The van der Waals surface area contributed by atoms with Crippen LogP contribution in [0.2, 0.25) is 0 Å². The normalized spacial score (nSPS) is 11.4. The number of aromatic nitrogens is 4. The van der Waals surface area contributed by atoms with Gasteiger partial charge in [0.25, 0.3) is 0 Å². The third kappa shape index (κ3) is 14.8. The number of carbonyl (C=O) groups excluding carboxylic acids is 4. The molecular formula is C35H44N8O6S2. The molecule has 4 aromatic rings. The second-order valence-corrected chi connectivity index (χ2v) is 15.8. The highest BCUT2D eigenvalue weighted by molar-refractivity contribution is 7.15. The number of hydrogen-bond acceptors (Lipinski definition) is 12. The monoisotopic (exact) mass is 736 g/mol. The van der Waals surface area contributed by atoms with Gasteiger partial charge in [-0.1, -0.05) is 71.2 Å². The second kappa shape index (κ2) is 17.8. The fourth-order valence-corrected chi connectivity index (χ4v) is 6.17. The van der Waals surface area contributed by atoms with Crippen LogP contribution in [0.3, 0.4) is 0 Å². The van der Waals surface area contributed by atoms with E-state index in [9.17, 15) is 19.2 Å². The van der Waals surface area contributed by atoms with E-state index in [0.717, 1.165) is 38.7 Å². The van der Waals surface area contributed by atoms with Gasteiger partial charge in [0.2, 0.25) is 22.1 Å². The molecule has 0 bridgehead atoms. The van der Waals surface area contributed by atoms with E-state index in [1.165, 1.54) is 22.7 Å². The topological polar surface area (TPSA) is 186 Å². The Hall–Kier alpha value is -4.96. The van der Waals surface area contributed by atoms with Gasteiger partial charge in [-0.25, -0.2) is 9.59 Å². The molecule has 16 heteroatoms. The molecule has 0 saturated heterocycles.